The molecule has 3 N–H and O–H groups in total. The van der Waals surface area contributed by atoms with Gasteiger partial charge in [-0.05, 0) is 51.4 Å². The van der Waals surface area contributed by atoms with E-state index in [0.717, 1.165) is 57.8 Å². The Morgan fingerprint density at radius 2 is 0.783 bits per heavy atom. The molecule has 6 heteroatoms. The van der Waals surface area contributed by atoms with Crippen LogP contribution in [0.5, 0.6) is 0 Å². The SMILES string of the molecule is CCCCCCCC/C=C\CCCCCCCCCC(=O)OCCCCCCCCCCCCC(=O)NC(CO)C(O)CCCCCCCCCCCCCCCCCC. The molecule has 0 fully saturated rings. The van der Waals surface area contributed by atoms with Gasteiger partial charge in [-0.25, -0.2) is 0 Å². The highest BCUT2D eigenvalue weighted by atomic mass is 16.5. The summed E-state index contributed by atoms with van der Waals surface area (Å²) < 4.78 is 5.46. The van der Waals surface area contributed by atoms with E-state index in [0.29, 0.717) is 25.9 Å². The number of rotatable bonds is 50. The van der Waals surface area contributed by atoms with Gasteiger partial charge in [0.25, 0.3) is 0 Å². The maximum atomic E-state index is 12.5. The fraction of sp³-hybridized carbons (Fsp3) is 0.926. The Labute approximate surface area is 374 Å². The first-order valence-corrected chi connectivity index (χ1v) is 26.9. The fourth-order valence-electron chi connectivity index (χ4n) is 8.40. The maximum absolute atomic E-state index is 12.5. The molecule has 0 aliphatic heterocycles. The predicted octanol–water partition coefficient (Wildman–Crippen LogP) is 16.1. The van der Waals surface area contributed by atoms with Gasteiger partial charge in [0.05, 0.1) is 25.4 Å². The first-order chi connectivity index (χ1) is 29.5. The number of nitrogens with one attached hydrogen (secondary N) is 1. The molecule has 0 aliphatic carbocycles. The first-order valence-electron chi connectivity index (χ1n) is 26.9. The standard InChI is InChI=1S/C54H105NO5/c1-3-5-7-9-11-13-15-17-19-21-23-25-27-32-36-40-44-48-54(59)60-49-45-41-37-33-29-28-31-35-39-43-47-53(58)55-51(50-56)52(57)46-42-38-34-30-26-24-22-20-18-16-14-12-10-8-6-4-2/h17,19,51-52,56-57H,3-16,18,20-50H2,1-2H3,(H,55,58)/b19-17-. The largest absolute Gasteiger partial charge is 0.466 e. The van der Waals surface area contributed by atoms with Gasteiger partial charge in [0, 0.05) is 12.8 Å². The molecule has 0 saturated heterocycles. The number of hydrogen-bond donors (Lipinski definition) is 3. The summed E-state index contributed by atoms with van der Waals surface area (Å²) in [4.78, 5) is 24.5. The van der Waals surface area contributed by atoms with E-state index in [-0.39, 0.29) is 18.5 Å². The van der Waals surface area contributed by atoms with Gasteiger partial charge in [-0.3, -0.25) is 9.59 Å². The van der Waals surface area contributed by atoms with E-state index < -0.39 is 12.1 Å². The van der Waals surface area contributed by atoms with E-state index in [9.17, 15) is 19.8 Å². The van der Waals surface area contributed by atoms with Crippen molar-refractivity contribution < 1.29 is 24.5 Å². The van der Waals surface area contributed by atoms with Gasteiger partial charge in [-0.2, -0.15) is 0 Å². The molecule has 0 aromatic heterocycles. The Kier molecular flexibility index (Phi) is 49.1. The maximum Gasteiger partial charge on any atom is 0.305 e. The van der Waals surface area contributed by atoms with E-state index in [1.54, 1.807) is 0 Å². The summed E-state index contributed by atoms with van der Waals surface area (Å²) >= 11 is 0. The number of amides is 1. The molecular weight excluding hydrogens is 743 g/mol. The lowest BCUT2D eigenvalue weighted by Crippen LogP contribution is -2.45. The predicted molar refractivity (Wildman–Crippen MR) is 260 cm³/mol. The minimum absolute atomic E-state index is 0.0215. The van der Waals surface area contributed by atoms with Crippen molar-refractivity contribution in [1.82, 2.24) is 5.32 Å². The van der Waals surface area contributed by atoms with Gasteiger partial charge in [-0.15, -0.1) is 0 Å². The summed E-state index contributed by atoms with van der Waals surface area (Å²) in [6.07, 6.45) is 57.5. The molecule has 0 aromatic carbocycles. The molecule has 0 spiro atoms. The number of carbonyl (C=O) groups is 2. The molecule has 0 aromatic rings. The van der Waals surface area contributed by atoms with E-state index >= 15 is 0 Å². The van der Waals surface area contributed by atoms with Crippen LogP contribution in [0.3, 0.4) is 0 Å². The lowest BCUT2D eigenvalue weighted by Gasteiger charge is -2.22. The van der Waals surface area contributed by atoms with Crippen LogP contribution in [0.1, 0.15) is 296 Å². The van der Waals surface area contributed by atoms with Crippen LogP contribution in [0.2, 0.25) is 0 Å². The second-order valence-corrected chi connectivity index (χ2v) is 18.6. The molecule has 0 bridgehead atoms. The van der Waals surface area contributed by atoms with Gasteiger partial charge < -0.3 is 20.3 Å². The average molecular weight is 848 g/mol. The van der Waals surface area contributed by atoms with Gasteiger partial charge >= 0.3 is 5.97 Å². The number of esters is 1. The van der Waals surface area contributed by atoms with Crippen LogP contribution in [0.15, 0.2) is 12.2 Å². The van der Waals surface area contributed by atoms with Crippen LogP contribution in [-0.4, -0.2) is 47.4 Å². The van der Waals surface area contributed by atoms with Crippen molar-refractivity contribution in [3.05, 3.63) is 12.2 Å². The molecule has 2 atom stereocenters. The monoisotopic (exact) mass is 848 g/mol. The summed E-state index contributed by atoms with van der Waals surface area (Å²) in [5.74, 6) is -0.0775. The topological polar surface area (TPSA) is 95.9 Å². The molecular formula is C54H105NO5. The second-order valence-electron chi connectivity index (χ2n) is 18.6. The number of carbonyl (C=O) groups excluding carboxylic acids is 2. The van der Waals surface area contributed by atoms with Crippen molar-refractivity contribution in [2.75, 3.05) is 13.2 Å². The van der Waals surface area contributed by atoms with E-state index in [1.807, 2.05) is 0 Å². The highest BCUT2D eigenvalue weighted by Crippen LogP contribution is 2.17. The van der Waals surface area contributed by atoms with Crippen molar-refractivity contribution in [1.29, 1.82) is 0 Å². The fourth-order valence-corrected chi connectivity index (χ4v) is 8.40. The van der Waals surface area contributed by atoms with Crippen molar-refractivity contribution in [3.8, 4) is 0 Å². The highest BCUT2D eigenvalue weighted by molar-refractivity contribution is 5.76. The minimum atomic E-state index is -0.678. The second kappa shape index (κ2) is 50.2. The third kappa shape index (κ3) is 46.1. The number of aliphatic hydroxyl groups excluding tert-OH is 2. The Bertz CT molecular complexity index is 893. The number of ether oxygens (including phenoxy) is 1. The van der Waals surface area contributed by atoms with Gasteiger partial charge in [-0.1, -0.05) is 244 Å². The smallest absolute Gasteiger partial charge is 0.305 e. The van der Waals surface area contributed by atoms with Crippen LogP contribution in [-0.2, 0) is 14.3 Å². The van der Waals surface area contributed by atoms with Crippen molar-refractivity contribution in [3.63, 3.8) is 0 Å². The number of hydrogen-bond acceptors (Lipinski definition) is 5. The van der Waals surface area contributed by atoms with Crippen molar-refractivity contribution in [2.24, 2.45) is 0 Å². The summed E-state index contributed by atoms with van der Waals surface area (Å²) in [5, 5.41) is 23.2. The summed E-state index contributed by atoms with van der Waals surface area (Å²) in [6, 6.07) is -0.558. The molecule has 6 nitrogen and oxygen atoms in total. The van der Waals surface area contributed by atoms with Crippen LogP contribution < -0.4 is 5.32 Å². The molecule has 0 heterocycles. The zero-order valence-corrected chi connectivity index (χ0v) is 40.5. The number of aliphatic hydroxyl groups is 2. The van der Waals surface area contributed by atoms with Crippen molar-refractivity contribution >= 4 is 11.9 Å². The molecule has 0 rings (SSSR count). The summed E-state index contributed by atoms with van der Waals surface area (Å²) in [5.41, 5.74) is 0. The molecule has 1 amide bonds. The molecule has 60 heavy (non-hydrogen) atoms. The first kappa shape index (κ1) is 58.6. The molecule has 2 unspecified atom stereocenters. The van der Waals surface area contributed by atoms with Crippen LogP contribution in [0.25, 0.3) is 0 Å². The van der Waals surface area contributed by atoms with E-state index in [2.05, 4.69) is 31.3 Å². The third-order valence-electron chi connectivity index (χ3n) is 12.6. The molecule has 0 saturated carbocycles. The summed E-state index contributed by atoms with van der Waals surface area (Å²) in [7, 11) is 0. The van der Waals surface area contributed by atoms with Crippen molar-refractivity contribution in [2.45, 2.75) is 309 Å². The zero-order chi connectivity index (χ0) is 43.7. The van der Waals surface area contributed by atoms with Crippen LogP contribution in [0, 0.1) is 0 Å². The number of allylic oxidation sites excluding steroid dienone is 2. The Balaban J connectivity index is 3.46. The summed E-state index contributed by atoms with van der Waals surface area (Å²) in [6.45, 7) is 4.91. The Hall–Kier alpha value is -1.40. The molecule has 0 aliphatic rings. The normalized spacial score (nSPS) is 12.7. The average Bonchev–Trinajstić information content (AvgIpc) is 3.25. The number of unbranched alkanes of at least 4 members (excludes halogenated alkanes) is 37. The van der Waals surface area contributed by atoms with Gasteiger partial charge in [0.15, 0.2) is 0 Å². The van der Waals surface area contributed by atoms with Crippen LogP contribution in [0.4, 0.5) is 0 Å². The molecule has 356 valence electrons. The third-order valence-corrected chi connectivity index (χ3v) is 12.6. The highest BCUT2D eigenvalue weighted by Gasteiger charge is 2.20. The zero-order valence-electron chi connectivity index (χ0n) is 40.5. The minimum Gasteiger partial charge on any atom is -0.466 e. The Morgan fingerprint density at radius 1 is 0.450 bits per heavy atom. The quantitative estimate of drug-likeness (QED) is 0.0322. The lowest BCUT2D eigenvalue weighted by atomic mass is 10.0. The Morgan fingerprint density at radius 3 is 1.18 bits per heavy atom. The van der Waals surface area contributed by atoms with Gasteiger partial charge in [0.1, 0.15) is 0 Å². The van der Waals surface area contributed by atoms with Crippen LogP contribution >= 0.6 is 0 Å². The van der Waals surface area contributed by atoms with Gasteiger partial charge in [0.2, 0.25) is 5.91 Å². The molecule has 0 radical (unpaired) electrons. The van der Waals surface area contributed by atoms with E-state index in [4.69, 9.17) is 4.74 Å². The van der Waals surface area contributed by atoms with E-state index in [1.165, 1.54) is 205 Å². The lowest BCUT2D eigenvalue weighted by molar-refractivity contribution is -0.143.